The van der Waals surface area contributed by atoms with Crippen molar-refractivity contribution in [2.75, 3.05) is 18.5 Å². The summed E-state index contributed by atoms with van der Waals surface area (Å²) in [5, 5.41) is 2.53. The quantitative estimate of drug-likeness (QED) is 0.263. The molecule has 11 heteroatoms. The number of nitrogens with one attached hydrogen (secondary N) is 1. The lowest BCUT2D eigenvalue weighted by atomic mass is 10.1. The third-order valence-corrected chi connectivity index (χ3v) is 7.09. The van der Waals surface area contributed by atoms with Gasteiger partial charge in [-0.25, -0.2) is 4.39 Å². The van der Waals surface area contributed by atoms with E-state index in [9.17, 15) is 18.8 Å². The van der Waals surface area contributed by atoms with Crippen LogP contribution in [0.15, 0.2) is 70.0 Å². The molecule has 0 bridgehead atoms. The van der Waals surface area contributed by atoms with Gasteiger partial charge in [0.25, 0.3) is 11.1 Å². The first-order chi connectivity index (χ1) is 18.2. The Kier molecular flexibility index (Phi) is 9.09. The molecule has 3 amide bonds. The van der Waals surface area contributed by atoms with Gasteiger partial charge in [-0.3, -0.25) is 19.3 Å². The monoisotopic (exact) mass is 618 g/mol. The second-order valence-corrected chi connectivity index (χ2v) is 10.3. The van der Waals surface area contributed by atoms with Gasteiger partial charge in [0, 0.05) is 15.2 Å². The minimum Gasteiger partial charge on any atom is -0.490 e. The predicted octanol–water partition coefficient (Wildman–Crippen LogP) is 6.89. The van der Waals surface area contributed by atoms with Gasteiger partial charge in [0.2, 0.25) is 5.91 Å². The van der Waals surface area contributed by atoms with E-state index in [1.807, 2.05) is 19.1 Å². The van der Waals surface area contributed by atoms with E-state index in [2.05, 4.69) is 21.2 Å². The van der Waals surface area contributed by atoms with Crippen molar-refractivity contribution in [1.29, 1.82) is 0 Å². The highest BCUT2D eigenvalue weighted by molar-refractivity contribution is 9.10. The van der Waals surface area contributed by atoms with Crippen LogP contribution in [0.4, 0.5) is 14.9 Å². The number of carbonyl (C=O) groups excluding carboxylic acids is 3. The zero-order valence-electron chi connectivity index (χ0n) is 20.0. The number of rotatable bonds is 9. The second kappa shape index (κ2) is 12.5. The van der Waals surface area contributed by atoms with Gasteiger partial charge in [-0.1, -0.05) is 45.7 Å². The lowest BCUT2D eigenvalue weighted by Crippen LogP contribution is -2.36. The summed E-state index contributed by atoms with van der Waals surface area (Å²) in [5.41, 5.74) is 1.73. The Labute approximate surface area is 236 Å². The third-order valence-electron chi connectivity index (χ3n) is 5.24. The number of hydrogen-bond acceptors (Lipinski definition) is 6. The van der Waals surface area contributed by atoms with Crippen molar-refractivity contribution in [2.24, 2.45) is 0 Å². The molecule has 0 atom stereocenters. The van der Waals surface area contributed by atoms with Gasteiger partial charge in [-0.2, -0.15) is 0 Å². The van der Waals surface area contributed by atoms with Gasteiger partial charge in [0.1, 0.15) is 19.0 Å². The van der Waals surface area contributed by atoms with E-state index in [1.54, 1.807) is 30.3 Å². The highest BCUT2D eigenvalue weighted by Gasteiger charge is 2.36. The van der Waals surface area contributed by atoms with Crippen molar-refractivity contribution in [2.45, 2.75) is 13.5 Å². The van der Waals surface area contributed by atoms with Crippen LogP contribution in [0.2, 0.25) is 5.02 Å². The minimum atomic E-state index is -0.624. The summed E-state index contributed by atoms with van der Waals surface area (Å²) in [5.74, 6) is -0.795. The first kappa shape index (κ1) is 27.7. The summed E-state index contributed by atoms with van der Waals surface area (Å²) in [6, 6.07) is 16.0. The van der Waals surface area contributed by atoms with Crippen molar-refractivity contribution in [3.63, 3.8) is 0 Å². The molecule has 3 aromatic rings. The van der Waals surface area contributed by atoms with E-state index in [4.69, 9.17) is 21.1 Å². The van der Waals surface area contributed by atoms with Gasteiger partial charge in [0.15, 0.2) is 11.5 Å². The summed E-state index contributed by atoms with van der Waals surface area (Å²) < 4.78 is 25.7. The summed E-state index contributed by atoms with van der Waals surface area (Å²) in [4.78, 5) is 38.8. The summed E-state index contributed by atoms with van der Waals surface area (Å²) >= 11 is 10.2. The van der Waals surface area contributed by atoms with Gasteiger partial charge in [-0.05, 0) is 78.4 Å². The van der Waals surface area contributed by atoms with Crippen molar-refractivity contribution in [3.8, 4) is 11.5 Å². The van der Waals surface area contributed by atoms with E-state index in [0.717, 1.165) is 28.3 Å². The second-order valence-electron chi connectivity index (χ2n) is 7.99. The lowest BCUT2D eigenvalue weighted by molar-refractivity contribution is -0.127. The zero-order valence-corrected chi connectivity index (χ0v) is 23.2. The maximum atomic E-state index is 13.4. The number of carbonyl (C=O) groups is 3. The van der Waals surface area contributed by atoms with E-state index in [-0.39, 0.29) is 10.6 Å². The maximum absolute atomic E-state index is 13.4. The number of amides is 3. The molecule has 1 N–H and O–H groups in total. The topological polar surface area (TPSA) is 84.9 Å². The number of imide groups is 1. The average molecular weight is 620 g/mol. The number of hydrogen-bond donors (Lipinski definition) is 1. The van der Waals surface area contributed by atoms with Crippen LogP contribution < -0.4 is 14.8 Å². The van der Waals surface area contributed by atoms with Crippen LogP contribution in [-0.2, 0) is 16.2 Å². The molecule has 1 aliphatic rings. The zero-order chi connectivity index (χ0) is 27.2. The Morgan fingerprint density at radius 2 is 1.84 bits per heavy atom. The molecule has 1 saturated heterocycles. The molecule has 38 heavy (non-hydrogen) atoms. The fraction of sp³-hybridized carbons (Fsp3) is 0.148. The molecule has 0 radical (unpaired) electrons. The van der Waals surface area contributed by atoms with Crippen LogP contribution in [0, 0.1) is 5.82 Å². The van der Waals surface area contributed by atoms with Gasteiger partial charge < -0.3 is 14.8 Å². The Morgan fingerprint density at radius 3 is 2.55 bits per heavy atom. The van der Waals surface area contributed by atoms with Crippen molar-refractivity contribution >= 4 is 68.1 Å². The van der Waals surface area contributed by atoms with E-state index >= 15 is 0 Å². The van der Waals surface area contributed by atoms with Crippen molar-refractivity contribution in [3.05, 3.63) is 92.0 Å². The highest BCUT2D eigenvalue weighted by atomic mass is 79.9. The van der Waals surface area contributed by atoms with Crippen LogP contribution in [-0.4, -0.2) is 35.1 Å². The maximum Gasteiger partial charge on any atom is 0.294 e. The van der Waals surface area contributed by atoms with Gasteiger partial charge >= 0.3 is 0 Å². The number of anilines is 1. The van der Waals surface area contributed by atoms with Crippen LogP contribution in [0.3, 0.4) is 0 Å². The van der Waals surface area contributed by atoms with Crippen LogP contribution in [0.5, 0.6) is 11.5 Å². The molecule has 4 rings (SSSR count). The van der Waals surface area contributed by atoms with Gasteiger partial charge in [-0.15, -0.1) is 0 Å². The van der Waals surface area contributed by atoms with E-state index < -0.39 is 29.4 Å². The molecular formula is C27H21BrClFN2O5S. The Morgan fingerprint density at radius 1 is 1.11 bits per heavy atom. The summed E-state index contributed by atoms with van der Waals surface area (Å²) in [6.07, 6.45) is 1.55. The van der Waals surface area contributed by atoms with Crippen molar-refractivity contribution < 1.29 is 28.2 Å². The highest BCUT2D eigenvalue weighted by Crippen LogP contribution is 2.38. The van der Waals surface area contributed by atoms with E-state index in [0.29, 0.717) is 39.8 Å². The summed E-state index contributed by atoms with van der Waals surface area (Å²) in [6.45, 7) is 2.02. The molecule has 1 heterocycles. The number of ether oxygens (including phenoxy) is 2. The van der Waals surface area contributed by atoms with E-state index in [1.165, 1.54) is 18.2 Å². The number of benzene rings is 3. The Balaban J connectivity index is 1.49. The molecule has 0 unspecified atom stereocenters. The molecular weight excluding hydrogens is 599 g/mol. The molecule has 1 aliphatic heterocycles. The van der Waals surface area contributed by atoms with Gasteiger partial charge in [0.05, 0.1) is 11.5 Å². The fourth-order valence-corrected chi connectivity index (χ4v) is 4.86. The number of halogens is 3. The van der Waals surface area contributed by atoms with Crippen LogP contribution >= 0.6 is 39.3 Å². The smallest absolute Gasteiger partial charge is 0.294 e. The lowest BCUT2D eigenvalue weighted by Gasteiger charge is -2.14. The third kappa shape index (κ3) is 6.94. The molecule has 1 fully saturated rings. The van der Waals surface area contributed by atoms with Crippen molar-refractivity contribution in [1.82, 2.24) is 4.90 Å². The molecule has 7 nitrogen and oxygen atoms in total. The Bertz CT molecular complexity index is 1420. The molecule has 196 valence electrons. The standard InChI is InChI=1S/C27H21BrClFN2O5S/c1-2-36-22-10-17(21(28)13-23(22)37-15-16-6-8-18(29)9-7-16)11-24-26(34)32(27(35)38-24)14-25(33)31-20-5-3-4-19(30)12-20/h3-13H,2,14-15H2,1H3,(H,31,33)/b24-11+. The molecule has 0 aromatic heterocycles. The SMILES string of the molecule is CCOc1cc(/C=C2/SC(=O)N(CC(=O)Nc3cccc(F)c3)C2=O)c(Br)cc1OCc1ccc(Cl)cc1. The largest absolute Gasteiger partial charge is 0.490 e. The molecule has 0 spiro atoms. The molecule has 0 saturated carbocycles. The number of nitrogens with zero attached hydrogens (tertiary/aromatic N) is 1. The predicted molar refractivity (Wildman–Crippen MR) is 149 cm³/mol. The Hall–Kier alpha value is -3.34. The first-order valence-corrected chi connectivity index (χ1v) is 13.4. The van der Waals surface area contributed by atoms with Crippen LogP contribution in [0.1, 0.15) is 18.1 Å². The first-order valence-electron chi connectivity index (χ1n) is 11.4. The van der Waals surface area contributed by atoms with Crippen LogP contribution in [0.25, 0.3) is 6.08 Å². The minimum absolute atomic E-state index is 0.145. The molecule has 3 aromatic carbocycles. The fourth-order valence-electron chi connectivity index (χ4n) is 3.47. The number of thioether (sulfide) groups is 1. The summed E-state index contributed by atoms with van der Waals surface area (Å²) in [7, 11) is 0. The molecule has 0 aliphatic carbocycles. The average Bonchev–Trinajstić information content (AvgIpc) is 3.13. The normalized spacial score (nSPS) is 14.2.